The molecule has 1 aromatic rings. The van der Waals surface area contributed by atoms with Gasteiger partial charge < -0.3 is 5.32 Å². The van der Waals surface area contributed by atoms with Crippen molar-refractivity contribution < 1.29 is 0 Å². The van der Waals surface area contributed by atoms with E-state index < -0.39 is 0 Å². The molecule has 1 N–H and O–H groups in total. The van der Waals surface area contributed by atoms with Gasteiger partial charge in [0.2, 0.25) is 0 Å². The SMILES string of the molecule is CCC1CCCC(NCc2cccc(C)c2)C1. The largest absolute Gasteiger partial charge is 0.310 e. The van der Waals surface area contributed by atoms with Gasteiger partial charge in [0.25, 0.3) is 0 Å². The van der Waals surface area contributed by atoms with Crippen LogP contribution < -0.4 is 5.32 Å². The number of rotatable bonds is 4. The van der Waals surface area contributed by atoms with E-state index in [-0.39, 0.29) is 0 Å². The van der Waals surface area contributed by atoms with E-state index in [9.17, 15) is 0 Å². The predicted octanol–water partition coefficient (Wildman–Crippen LogP) is 4.05. The molecular weight excluding hydrogens is 206 g/mol. The second-order valence-electron chi connectivity index (χ2n) is 5.51. The molecule has 2 unspecified atom stereocenters. The average Bonchev–Trinajstić information content (AvgIpc) is 2.37. The van der Waals surface area contributed by atoms with Crippen molar-refractivity contribution >= 4 is 0 Å². The van der Waals surface area contributed by atoms with Gasteiger partial charge in [-0.05, 0) is 31.2 Å². The number of benzene rings is 1. The standard InChI is InChI=1S/C16H25N/c1-3-14-7-5-9-16(11-14)17-12-15-8-4-6-13(2)10-15/h4,6,8,10,14,16-17H,3,5,7,9,11-12H2,1-2H3. The minimum atomic E-state index is 0.745. The summed E-state index contributed by atoms with van der Waals surface area (Å²) in [4.78, 5) is 0. The fourth-order valence-electron chi connectivity index (χ4n) is 2.93. The number of aryl methyl sites for hydroxylation is 1. The van der Waals surface area contributed by atoms with Crippen LogP contribution >= 0.6 is 0 Å². The summed E-state index contributed by atoms with van der Waals surface area (Å²) in [5.74, 6) is 0.957. The highest BCUT2D eigenvalue weighted by atomic mass is 14.9. The van der Waals surface area contributed by atoms with Gasteiger partial charge in [0.05, 0.1) is 0 Å². The lowest BCUT2D eigenvalue weighted by Crippen LogP contribution is -2.33. The Hall–Kier alpha value is -0.820. The summed E-state index contributed by atoms with van der Waals surface area (Å²) in [6, 6.07) is 9.57. The fourth-order valence-corrected chi connectivity index (χ4v) is 2.93. The van der Waals surface area contributed by atoms with Gasteiger partial charge in [-0.2, -0.15) is 0 Å². The van der Waals surface area contributed by atoms with E-state index in [1.807, 2.05) is 0 Å². The van der Waals surface area contributed by atoms with Gasteiger partial charge >= 0.3 is 0 Å². The van der Waals surface area contributed by atoms with Crippen LogP contribution in [-0.2, 0) is 6.54 Å². The highest BCUT2D eigenvalue weighted by Gasteiger charge is 2.19. The van der Waals surface area contributed by atoms with E-state index in [1.54, 1.807) is 0 Å². The monoisotopic (exact) mass is 231 g/mol. The Bertz CT molecular complexity index is 345. The van der Waals surface area contributed by atoms with Gasteiger partial charge in [-0.25, -0.2) is 0 Å². The van der Waals surface area contributed by atoms with Gasteiger partial charge in [0.1, 0.15) is 0 Å². The van der Waals surface area contributed by atoms with E-state index in [2.05, 4.69) is 43.4 Å². The predicted molar refractivity (Wildman–Crippen MR) is 74.1 cm³/mol. The number of hydrogen-bond acceptors (Lipinski definition) is 1. The van der Waals surface area contributed by atoms with Crippen LogP contribution in [0.1, 0.15) is 50.2 Å². The first-order chi connectivity index (χ1) is 8.28. The Kier molecular flexibility index (Phi) is 4.61. The number of nitrogens with one attached hydrogen (secondary N) is 1. The van der Waals surface area contributed by atoms with Crippen molar-refractivity contribution in [2.24, 2.45) is 5.92 Å². The van der Waals surface area contributed by atoms with Crippen LogP contribution in [0.4, 0.5) is 0 Å². The van der Waals surface area contributed by atoms with Crippen LogP contribution in [0.15, 0.2) is 24.3 Å². The van der Waals surface area contributed by atoms with Crippen molar-refractivity contribution in [3.8, 4) is 0 Å². The molecule has 0 spiro atoms. The Balaban J connectivity index is 1.81. The zero-order valence-electron chi connectivity index (χ0n) is 11.2. The van der Waals surface area contributed by atoms with Crippen molar-refractivity contribution in [3.05, 3.63) is 35.4 Å². The molecule has 0 bridgehead atoms. The summed E-state index contributed by atoms with van der Waals surface area (Å²) >= 11 is 0. The maximum atomic E-state index is 3.73. The van der Waals surface area contributed by atoms with Crippen LogP contribution in [0.5, 0.6) is 0 Å². The molecule has 2 rings (SSSR count). The molecule has 1 aromatic carbocycles. The van der Waals surface area contributed by atoms with Crippen LogP contribution in [0, 0.1) is 12.8 Å². The summed E-state index contributed by atoms with van der Waals surface area (Å²) in [5, 5.41) is 3.73. The zero-order chi connectivity index (χ0) is 12.1. The van der Waals surface area contributed by atoms with Gasteiger partial charge in [0.15, 0.2) is 0 Å². The van der Waals surface area contributed by atoms with E-state index in [1.165, 1.54) is 43.2 Å². The minimum absolute atomic E-state index is 0.745. The smallest absolute Gasteiger partial charge is 0.0208 e. The quantitative estimate of drug-likeness (QED) is 0.824. The summed E-state index contributed by atoms with van der Waals surface area (Å²) in [5.41, 5.74) is 2.78. The van der Waals surface area contributed by atoms with E-state index >= 15 is 0 Å². The molecule has 1 aliphatic rings. The third kappa shape index (κ3) is 3.85. The van der Waals surface area contributed by atoms with Gasteiger partial charge in [-0.15, -0.1) is 0 Å². The lowest BCUT2D eigenvalue weighted by Gasteiger charge is -2.29. The second kappa shape index (κ2) is 6.20. The zero-order valence-corrected chi connectivity index (χ0v) is 11.2. The Labute approximate surface area is 106 Å². The van der Waals surface area contributed by atoms with E-state index in [0.29, 0.717) is 0 Å². The molecule has 0 saturated heterocycles. The first-order valence-corrected chi connectivity index (χ1v) is 7.07. The van der Waals surface area contributed by atoms with Gasteiger partial charge in [-0.1, -0.05) is 56.0 Å². The lowest BCUT2D eigenvalue weighted by atomic mass is 9.84. The third-order valence-corrected chi connectivity index (χ3v) is 4.04. The molecule has 0 amide bonds. The molecule has 1 nitrogen and oxygen atoms in total. The van der Waals surface area contributed by atoms with E-state index in [4.69, 9.17) is 0 Å². The Morgan fingerprint density at radius 2 is 2.18 bits per heavy atom. The van der Waals surface area contributed by atoms with Crippen LogP contribution in [0.3, 0.4) is 0 Å². The Morgan fingerprint density at radius 1 is 1.29 bits per heavy atom. The van der Waals surface area contributed by atoms with Gasteiger partial charge in [-0.3, -0.25) is 0 Å². The second-order valence-corrected chi connectivity index (χ2v) is 5.51. The molecule has 0 radical (unpaired) electrons. The summed E-state index contributed by atoms with van der Waals surface area (Å²) in [6.07, 6.45) is 6.94. The maximum Gasteiger partial charge on any atom is 0.0208 e. The summed E-state index contributed by atoms with van der Waals surface area (Å²) < 4.78 is 0. The first-order valence-electron chi connectivity index (χ1n) is 7.07. The molecule has 1 heteroatoms. The highest BCUT2D eigenvalue weighted by molar-refractivity contribution is 5.22. The topological polar surface area (TPSA) is 12.0 Å². The highest BCUT2D eigenvalue weighted by Crippen LogP contribution is 2.26. The molecule has 1 saturated carbocycles. The third-order valence-electron chi connectivity index (χ3n) is 4.04. The fraction of sp³-hybridized carbons (Fsp3) is 0.625. The maximum absolute atomic E-state index is 3.73. The molecule has 2 atom stereocenters. The lowest BCUT2D eigenvalue weighted by molar-refractivity contribution is 0.278. The van der Waals surface area contributed by atoms with Crippen LogP contribution in [0.2, 0.25) is 0 Å². The van der Waals surface area contributed by atoms with Crippen molar-refractivity contribution in [1.29, 1.82) is 0 Å². The van der Waals surface area contributed by atoms with Crippen molar-refractivity contribution in [2.45, 2.75) is 58.5 Å². The van der Waals surface area contributed by atoms with Crippen LogP contribution in [0.25, 0.3) is 0 Å². The molecule has 94 valence electrons. The molecular formula is C16H25N. The molecule has 17 heavy (non-hydrogen) atoms. The van der Waals surface area contributed by atoms with Crippen LogP contribution in [-0.4, -0.2) is 6.04 Å². The molecule has 0 aromatic heterocycles. The minimum Gasteiger partial charge on any atom is -0.310 e. The summed E-state index contributed by atoms with van der Waals surface area (Å²) in [6.45, 7) is 5.52. The van der Waals surface area contributed by atoms with E-state index in [0.717, 1.165) is 18.5 Å². The number of hydrogen-bond donors (Lipinski definition) is 1. The van der Waals surface area contributed by atoms with Crippen molar-refractivity contribution in [2.75, 3.05) is 0 Å². The van der Waals surface area contributed by atoms with Gasteiger partial charge in [0, 0.05) is 12.6 Å². The summed E-state index contributed by atoms with van der Waals surface area (Å²) in [7, 11) is 0. The van der Waals surface area contributed by atoms with Crippen molar-refractivity contribution in [1.82, 2.24) is 5.32 Å². The van der Waals surface area contributed by atoms with Crippen molar-refractivity contribution in [3.63, 3.8) is 0 Å². The first kappa shape index (κ1) is 12.6. The Morgan fingerprint density at radius 3 is 2.94 bits per heavy atom. The average molecular weight is 231 g/mol. The normalized spacial score (nSPS) is 24.8. The molecule has 0 heterocycles. The molecule has 1 fully saturated rings. The molecule has 1 aliphatic carbocycles. The molecule has 0 aliphatic heterocycles.